The molecule has 2 aromatic rings. The predicted octanol–water partition coefficient (Wildman–Crippen LogP) is 1.51. The second-order valence-electron chi connectivity index (χ2n) is 6.11. The maximum absolute atomic E-state index is 12.9. The third-order valence-corrected chi connectivity index (χ3v) is 4.32. The molecule has 0 bridgehead atoms. The number of amides is 1. The van der Waals surface area contributed by atoms with E-state index < -0.39 is 12.0 Å². The van der Waals surface area contributed by atoms with Gasteiger partial charge < -0.3 is 19.5 Å². The van der Waals surface area contributed by atoms with Crippen LogP contribution in [0.1, 0.15) is 22.6 Å². The number of carboxylic acids is 1. The van der Waals surface area contributed by atoms with Gasteiger partial charge in [0.05, 0.1) is 38.5 Å². The Morgan fingerprint density at radius 1 is 1.35 bits per heavy atom. The Morgan fingerprint density at radius 3 is 2.73 bits per heavy atom. The number of benzene rings is 1. The lowest BCUT2D eigenvalue weighted by Gasteiger charge is -2.34. The van der Waals surface area contributed by atoms with E-state index in [1.54, 1.807) is 17.9 Å². The van der Waals surface area contributed by atoms with Gasteiger partial charge in [-0.2, -0.15) is 5.10 Å². The zero-order valence-electron chi connectivity index (χ0n) is 14.7. The first-order valence-electron chi connectivity index (χ1n) is 8.31. The van der Waals surface area contributed by atoms with E-state index in [-0.39, 0.29) is 24.6 Å². The standard InChI is InChI=1S/C18H21N3O5/c1-12-9-16(19-21(12)13-3-5-15(25-2)6-4-13)18(24)20-7-8-26-11-14(20)10-17(22)23/h3-6,9,14H,7-8,10-11H2,1-2H3,(H,22,23). The van der Waals surface area contributed by atoms with Crippen LogP contribution >= 0.6 is 0 Å². The number of nitrogens with zero attached hydrogens (tertiary/aromatic N) is 3. The van der Waals surface area contributed by atoms with Crippen LogP contribution in [0.5, 0.6) is 5.75 Å². The molecule has 26 heavy (non-hydrogen) atoms. The molecule has 1 aliphatic heterocycles. The Bertz CT molecular complexity index is 800. The summed E-state index contributed by atoms with van der Waals surface area (Å²) < 4.78 is 12.2. The van der Waals surface area contributed by atoms with Crippen LogP contribution in [0.25, 0.3) is 5.69 Å². The number of aliphatic carboxylic acids is 1. The van der Waals surface area contributed by atoms with Crippen molar-refractivity contribution in [1.29, 1.82) is 0 Å². The van der Waals surface area contributed by atoms with Crippen molar-refractivity contribution < 1.29 is 24.2 Å². The van der Waals surface area contributed by atoms with Crippen LogP contribution in [0.3, 0.4) is 0 Å². The minimum absolute atomic E-state index is 0.149. The quantitative estimate of drug-likeness (QED) is 0.870. The largest absolute Gasteiger partial charge is 0.497 e. The van der Waals surface area contributed by atoms with Crippen molar-refractivity contribution >= 4 is 11.9 Å². The number of hydrogen-bond donors (Lipinski definition) is 1. The maximum Gasteiger partial charge on any atom is 0.305 e. The van der Waals surface area contributed by atoms with Crippen LogP contribution in [0.15, 0.2) is 30.3 Å². The second-order valence-corrected chi connectivity index (χ2v) is 6.11. The molecule has 138 valence electrons. The average Bonchev–Trinajstić information content (AvgIpc) is 3.03. The number of carbonyl (C=O) groups is 2. The van der Waals surface area contributed by atoms with Crippen LogP contribution < -0.4 is 4.74 Å². The van der Waals surface area contributed by atoms with Crippen molar-refractivity contribution in [1.82, 2.24) is 14.7 Å². The smallest absolute Gasteiger partial charge is 0.305 e. The minimum atomic E-state index is -0.960. The average molecular weight is 359 g/mol. The van der Waals surface area contributed by atoms with Crippen LogP contribution in [0, 0.1) is 6.92 Å². The molecule has 8 heteroatoms. The Balaban J connectivity index is 1.84. The summed E-state index contributed by atoms with van der Waals surface area (Å²) in [6.45, 7) is 2.82. The van der Waals surface area contributed by atoms with E-state index in [4.69, 9.17) is 14.6 Å². The highest BCUT2D eigenvalue weighted by Gasteiger charge is 2.31. The Hall–Kier alpha value is -2.87. The molecule has 1 aromatic carbocycles. The van der Waals surface area contributed by atoms with Gasteiger partial charge in [-0.25, -0.2) is 4.68 Å². The number of hydrogen-bond acceptors (Lipinski definition) is 5. The highest BCUT2D eigenvalue weighted by Crippen LogP contribution is 2.19. The molecule has 1 fully saturated rings. The summed E-state index contributed by atoms with van der Waals surface area (Å²) in [6, 6.07) is 8.58. The summed E-state index contributed by atoms with van der Waals surface area (Å²) in [4.78, 5) is 25.5. The lowest BCUT2D eigenvalue weighted by atomic mass is 10.1. The van der Waals surface area contributed by atoms with Crippen LogP contribution in [-0.2, 0) is 9.53 Å². The van der Waals surface area contributed by atoms with E-state index in [0.717, 1.165) is 17.1 Å². The maximum atomic E-state index is 12.9. The fraction of sp³-hybridized carbons (Fsp3) is 0.389. The molecule has 0 aliphatic carbocycles. The lowest BCUT2D eigenvalue weighted by molar-refractivity contribution is -0.139. The van der Waals surface area contributed by atoms with Crippen LogP contribution in [0.4, 0.5) is 0 Å². The van der Waals surface area contributed by atoms with E-state index in [1.165, 1.54) is 4.90 Å². The third-order valence-electron chi connectivity index (χ3n) is 4.32. The molecule has 0 radical (unpaired) electrons. The number of morpholine rings is 1. The number of ether oxygens (including phenoxy) is 2. The van der Waals surface area contributed by atoms with E-state index >= 15 is 0 Å². The fourth-order valence-corrected chi connectivity index (χ4v) is 3.00. The van der Waals surface area contributed by atoms with Crippen molar-refractivity contribution in [2.24, 2.45) is 0 Å². The molecule has 0 spiro atoms. The first-order chi connectivity index (χ1) is 12.5. The molecule has 8 nitrogen and oxygen atoms in total. The normalized spacial score (nSPS) is 17.2. The Kier molecular flexibility index (Phi) is 5.22. The molecule has 1 unspecified atom stereocenters. The van der Waals surface area contributed by atoms with Gasteiger partial charge in [-0.15, -0.1) is 0 Å². The SMILES string of the molecule is COc1ccc(-n2nc(C(=O)N3CCOCC3CC(=O)O)cc2C)cc1. The van der Waals surface area contributed by atoms with Crippen molar-refractivity contribution in [2.45, 2.75) is 19.4 Å². The lowest BCUT2D eigenvalue weighted by Crippen LogP contribution is -2.49. The zero-order chi connectivity index (χ0) is 18.7. The number of aromatic nitrogens is 2. The van der Waals surface area contributed by atoms with Gasteiger partial charge >= 0.3 is 5.97 Å². The third kappa shape index (κ3) is 3.70. The van der Waals surface area contributed by atoms with E-state index in [9.17, 15) is 9.59 Å². The predicted molar refractivity (Wildman–Crippen MR) is 92.7 cm³/mol. The van der Waals surface area contributed by atoms with Crippen LogP contribution in [0.2, 0.25) is 0 Å². The second kappa shape index (κ2) is 7.57. The zero-order valence-corrected chi connectivity index (χ0v) is 14.7. The first-order valence-corrected chi connectivity index (χ1v) is 8.31. The van der Waals surface area contributed by atoms with E-state index in [2.05, 4.69) is 5.10 Å². The molecule has 1 aliphatic rings. The molecular weight excluding hydrogens is 338 g/mol. The van der Waals surface area contributed by atoms with Gasteiger partial charge in [0.25, 0.3) is 5.91 Å². The molecule has 1 N–H and O–H groups in total. The van der Waals surface area contributed by atoms with Gasteiger partial charge in [-0.05, 0) is 37.3 Å². The number of aryl methyl sites for hydroxylation is 1. The molecule has 3 rings (SSSR count). The molecule has 1 aromatic heterocycles. The number of carbonyl (C=O) groups excluding carboxylic acids is 1. The van der Waals surface area contributed by atoms with Gasteiger partial charge in [0.15, 0.2) is 5.69 Å². The van der Waals surface area contributed by atoms with Gasteiger partial charge in [-0.3, -0.25) is 9.59 Å². The first kappa shape index (κ1) is 17.9. The molecule has 0 saturated carbocycles. The molecule has 1 amide bonds. The van der Waals surface area contributed by atoms with Crippen molar-refractivity contribution in [2.75, 3.05) is 26.9 Å². The van der Waals surface area contributed by atoms with Crippen molar-refractivity contribution in [3.63, 3.8) is 0 Å². The topological polar surface area (TPSA) is 93.9 Å². The number of rotatable bonds is 5. The monoisotopic (exact) mass is 359 g/mol. The highest BCUT2D eigenvalue weighted by atomic mass is 16.5. The summed E-state index contributed by atoms with van der Waals surface area (Å²) in [7, 11) is 1.60. The van der Waals surface area contributed by atoms with E-state index in [0.29, 0.717) is 13.2 Å². The highest BCUT2D eigenvalue weighted by molar-refractivity contribution is 5.93. The summed E-state index contributed by atoms with van der Waals surface area (Å²) in [5.41, 5.74) is 1.91. The fourth-order valence-electron chi connectivity index (χ4n) is 3.00. The van der Waals surface area contributed by atoms with Crippen molar-refractivity contribution in [3.05, 3.63) is 41.7 Å². The van der Waals surface area contributed by atoms with Crippen LogP contribution in [-0.4, -0.2) is 64.6 Å². The van der Waals surface area contributed by atoms with Gasteiger partial charge in [0, 0.05) is 12.2 Å². The molecule has 1 saturated heterocycles. The van der Waals surface area contributed by atoms with E-state index in [1.807, 2.05) is 31.2 Å². The summed E-state index contributed by atoms with van der Waals surface area (Å²) in [5, 5.41) is 13.5. The summed E-state index contributed by atoms with van der Waals surface area (Å²) in [5.74, 6) is -0.507. The Labute approximate surface area is 150 Å². The van der Waals surface area contributed by atoms with Gasteiger partial charge in [0.2, 0.25) is 0 Å². The number of methoxy groups -OCH3 is 1. The molecular formula is C18H21N3O5. The number of carboxylic acid groups (broad SMARTS) is 1. The summed E-state index contributed by atoms with van der Waals surface area (Å²) in [6.07, 6.45) is -0.149. The molecule has 1 atom stereocenters. The van der Waals surface area contributed by atoms with Crippen molar-refractivity contribution in [3.8, 4) is 11.4 Å². The molecule has 2 heterocycles. The van der Waals surface area contributed by atoms with Gasteiger partial charge in [0.1, 0.15) is 5.75 Å². The van der Waals surface area contributed by atoms with Gasteiger partial charge in [-0.1, -0.05) is 0 Å². The minimum Gasteiger partial charge on any atom is -0.497 e. The summed E-state index contributed by atoms with van der Waals surface area (Å²) >= 11 is 0. The Morgan fingerprint density at radius 2 is 2.08 bits per heavy atom.